The Balaban J connectivity index is 1.62. The van der Waals surface area contributed by atoms with Crippen LogP contribution < -0.4 is 5.43 Å². The molecular weight excluding hydrogens is 656 g/mol. The minimum Gasteiger partial charge on any atom is -0.508 e. The van der Waals surface area contributed by atoms with E-state index in [4.69, 9.17) is 4.42 Å². The van der Waals surface area contributed by atoms with E-state index in [1.165, 1.54) is 36.4 Å². The van der Waals surface area contributed by atoms with Gasteiger partial charge in [-0.2, -0.15) is 0 Å². The molecule has 0 aliphatic heterocycles. The van der Waals surface area contributed by atoms with Crippen LogP contribution in [0.3, 0.4) is 0 Å². The zero-order valence-corrected chi connectivity index (χ0v) is 27.9. The van der Waals surface area contributed by atoms with E-state index in [1.807, 2.05) is 13.8 Å². The number of allylic oxidation sites excluding steroid dienone is 4. The Labute approximate surface area is 291 Å². The van der Waals surface area contributed by atoms with Gasteiger partial charge in [0.25, 0.3) is 0 Å². The lowest BCUT2D eigenvalue weighted by Gasteiger charge is -2.37. The Morgan fingerprint density at radius 2 is 1.47 bits per heavy atom. The highest BCUT2D eigenvalue weighted by molar-refractivity contribution is 6.00. The first-order valence-electron chi connectivity index (χ1n) is 16.1. The van der Waals surface area contributed by atoms with E-state index < -0.39 is 46.2 Å². The molecule has 1 aromatic heterocycles. The maximum atomic E-state index is 14.5. The molecule has 4 aromatic carbocycles. The number of phenolic OH excluding ortho intramolecular Hbond substituents is 8. The second-order valence-electron chi connectivity index (χ2n) is 13.2. The summed E-state index contributed by atoms with van der Waals surface area (Å²) in [5.74, 6) is -6.78. The summed E-state index contributed by atoms with van der Waals surface area (Å²) in [6, 6.07) is 12.2. The number of carbonyl (C=O) groups is 1. The summed E-state index contributed by atoms with van der Waals surface area (Å²) in [5, 5.41) is 85.6. The zero-order chi connectivity index (χ0) is 36.9. The minimum absolute atomic E-state index is 0.0244. The number of carbonyl (C=O) groups excluding carboxylic acids is 1. The van der Waals surface area contributed by atoms with Gasteiger partial charge in [0.2, 0.25) is 5.43 Å². The molecule has 1 heterocycles. The maximum absolute atomic E-state index is 14.5. The van der Waals surface area contributed by atoms with Gasteiger partial charge in [-0.25, -0.2) is 0 Å². The van der Waals surface area contributed by atoms with Crippen molar-refractivity contribution in [2.24, 2.45) is 5.92 Å². The van der Waals surface area contributed by atoms with Crippen LogP contribution in [0, 0.1) is 5.92 Å². The molecule has 1 aliphatic carbocycles. The Hall–Kier alpha value is -6.36. The fourth-order valence-electron chi connectivity index (χ4n) is 7.03. The van der Waals surface area contributed by atoms with E-state index in [-0.39, 0.29) is 80.6 Å². The molecule has 0 unspecified atom stereocenters. The SMILES string of the molecule is CC(C)=CCc1c(-c2ccc(O)c([C@@H]3C=C(C)C[C@H](c4ccc(O)cc4O)[C@H]3C(=O)c3cc(O)cc(O)c3)c2O)oc2cc(O)cc(O)c2c1=O. The molecule has 0 saturated heterocycles. The largest absolute Gasteiger partial charge is 0.508 e. The molecule has 0 fully saturated rings. The molecule has 11 nitrogen and oxygen atoms in total. The molecule has 11 heteroatoms. The van der Waals surface area contributed by atoms with Crippen molar-refractivity contribution in [2.45, 2.75) is 45.4 Å². The van der Waals surface area contributed by atoms with Gasteiger partial charge < -0.3 is 45.3 Å². The van der Waals surface area contributed by atoms with E-state index in [0.717, 1.165) is 35.4 Å². The van der Waals surface area contributed by atoms with Crippen molar-refractivity contribution < 1.29 is 50.1 Å². The van der Waals surface area contributed by atoms with Gasteiger partial charge in [-0.3, -0.25) is 9.59 Å². The van der Waals surface area contributed by atoms with Gasteiger partial charge in [0, 0.05) is 58.7 Å². The predicted octanol–water partition coefficient (Wildman–Crippen LogP) is 7.33. The summed E-state index contributed by atoms with van der Waals surface area (Å²) < 4.78 is 6.14. The van der Waals surface area contributed by atoms with Gasteiger partial charge in [-0.05, 0) is 69.5 Å². The molecule has 51 heavy (non-hydrogen) atoms. The Morgan fingerprint density at radius 1 is 0.804 bits per heavy atom. The lowest BCUT2D eigenvalue weighted by atomic mass is 9.65. The van der Waals surface area contributed by atoms with Crippen LogP contribution in [0.15, 0.2) is 93.2 Å². The number of phenols is 8. The van der Waals surface area contributed by atoms with Crippen LogP contribution in [-0.2, 0) is 6.42 Å². The normalized spacial score (nSPS) is 17.2. The zero-order valence-electron chi connectivity index (χ0n) is 27.9. The van der Waals surface area contributed by atoms with Crippen molar-refractivity contribution in [3.05, 3.63) is 116 Å². The second-order valence-corrected chi connectivity index (χ2v) is 13.2. The first kappa shape index (κ1) is 34.5. The average molecular weight is 693 g/mol. The smallest absolute Gasteiger partial charge is 0.200 e. The van der Waals surface area contributed by atoms with Crippen LogP contribution >= 0.6 is 0 Å². The van der Waals surface area contributed by atoms with Crippen molar-refractivity contribution in [3.8, 4) is 57.3 Å². The molecule has 6 rings (SSSR count). The number of aromatic hydroxyl groups is 8. The van der Waals surface area contributed by atoms with E-state index in [9.17, 15) is 50.4 Å². The first-order chi connectivity index (χ1) is 24.1. The number of benzene rings is 4. The van der Waals surface area contributed by atoms with E-state index >= 15 is 0 Å². The van der Waals surface area contributed by atoms with Crippen LogP contribution in [0.4, 0.5) is 0 Å². The number of fused-ring (bicyclic) bond motifs is 1. The van der Waals surface area contributed by atoms with Gasteiger partial charge in [-0.15, -0.1) is 0 Å². The standard InChI is InChI=1S/C40H36O11/c1-18(2)4-6-26-39(50)36-32(47)16-24(44)17-33(36)51-40(26)27-8-9-30(45)35(38(27)49)29-11-19(3)10-28(25-7-5-21(41)15-31(25)46)34(29)37(48)20-12-22(42)14-23(43)13-20/h4-5,7-9,11-17,28-29,34,41-47,49H,6,10H2,1-3H3/t28-,29-,34-/m1/s1. The minimum atomic E-state index is -1.17. The van der Waals surface area contributed by atoms with Crippen molar-refractivity contribution >= 4 is 16.8 Å². The highest BCUT2D eigenvalue weighted by Crippen LogP contribution is 2.54. The third-order valence-corrected chi connectivity index (χ3v) is 9.27. The maximum Gasteiger partial charge on any atom is 0.200 e. The quantitative estimate of drug-likeness (QED) is 0.0625. The van der Waals surface area contributed by atoms with Gasteiger partial charge in [-0.1, -0.05) is 29.4 Å². The second kappa shape index (κ2) is 13.2. The highest BCUT2D eigenvalue weighted by atomic mass is 16.3. The lowest BCUT2D eigenvalue weighted by Crippen LogP contribution is -2.31. The highest BCUT2D eigenvalue weighted by Gasteiger charge is 2.43. The van der Waals surface area contributed by atoms with Crippen LogP contribution in [-0.4, -0.2) is 46.6 Å². The van der Waals surface area contributed by atoms with E-state index in [0.29, 0.717) is 5.56 Å². The Bertz CT molecular complexity index is 2320. The molecule has 5 aromatic rings. The third kappa shape index (κ3) is 6.41. The summed E-state index contributed by atoms with van der Waals surface area (Å²) in [4.78, 5) is 28.4. The fraction of sp³-hybridized carbons (Fsp3) is 0.200. The molecule has 0 radical (unpaired) electrons. The molecule has 0 amide bonds. The molecular formula is C40H36O11. The molecule has 262 valence electrons. The van der Waals surface area contributed by atoms with Crippen LogP contribution in [0.1, 0.15) is 66.1 Å². The number of ketones is 1. The molecule has 8 N–H and O–H groups in total. The van der Waals surface area contributed by atoms with E-state index in [2.05, 4.69) is 0 Å². The number of Topliss-reactive ketones (excluding diaryl/α,β-unsaturated/α-hetero) is 1. The topological polar surface area (TPSA) is 209 Å². The Kier molecular flexibility index (Phi) is 8.90. The van der Waals surface area contributed by atoms with Gasteiger partial charge in [0.15, 0.2) is 5.78 Å². The van der Waals surface area contributed by atoms with Crippen molar-refractivity contribution in [1.29, 1.82) is 0 Å². The van der Waals surface area contributed by atoms with Crippen LogP contribution in [0.2, 0.25) is 0 Å². The summed E-state index contributed by atoms with van der Waals surface area (Å²) >= 11 is 0. The molecule has 1 aliphatic rings. The fourth-order valence-corrected chi connectivity index (χ4v) is 7.03. The van der Waals surface area contributed by atoms with Crippen molar-refractivity contribution in [2.75, 3.05) is 0 Å². The summed E-state index contributed by atoms with van der Waals surface area (Å²) in [6.07, 6.45) is 3.75. The van der Waals surface area contributed by atoms with Crippen LogP contribution in [0.25, 0.3) is 22.3 Å². The number of hydrogen-bond acceptors (Lipinski definition) is 11. The average Bonchev–Trinajstić information content (AvgIpc) is 3.03. The first-order valence-corrected chi connectivity index (χ1v) is 16.1. The third-order valence-electron chi connectivity index (χ3n) is 9.27. The van der Waals surface area contributed by atoms with Crippen molar-refractivity contribution in [3.63, 3.8) is 0 Å². The Morgan fingerprint density at radius 3 is 2.14 bits per heavy atom. The molecule has 0 bridgehead atoms. The monoisotopic (exact) mass is 692 g/mol. The van der Waals surface area contributed by atoms with Gasteiger partial charge in [0.1, 0.15) is 62.7 Å². The summed E-state index contributed by atoms with van der Waals surface area (Å²) in [6.45, 7) is 5.45. The van der Waals surface area contributed by atoms with Gasteiger partial charge in [0.05, 0.1) is 5.56 Å². The predicted molar refractivity (Wildman–Crippen MR) is 189 cm³/mol. The molecule has 0 spiro atoms. The number of rotatable bonds is 7. The molecule has 0 saturated carbocycles. The van der Waals surface area contributed by atoms with Crippen LogP contribution in [0.5, 0.6) is 46.0 Å². The van der Waals surface area contributed by atoms with Gasteiger partial charge >= 0.3 is 0 Å². The van der Waals surface area contributed by atoms with E-state index in [1.54, 1.807) is 19.1 Å². The molecule has 3 atom stereocenters. The number of hydrogen-bond donors (Lipinski definition) is 8. The lowest BCUT2D eigenvalue weighted by molar-refractivity contribution is 0.0878. The van der Waals surface area contributed by atoms with Crippen molar-refractivity contribution in [1.82, 2.24) is 0 Å². The summed E-state index contributed by atoms with van der Waals surface area (Å²) in [7, 11) is 0. The summed E-state index contributed by atoms with van der Waals surface area (Å²) in [5.41, 5.74) is 1.01.